The van der Waals surface area contributed by atoms with Crippen molar-refractivity contribution in [3.05, 3.63) is 115 Å². The number of carbonyl (C=O) groups is 4. The molecule has 0 aliphatic carbocycles. The Labute approximate surface area is 298 Å². The summed E-state index contributed by atoms with van der Waals surface area (Å²) in [5, 5.41) is 0. The summed E-state index contributed by atoms with van der Waals surface area (Å²) in [6.07, 6.45) is 11.7. The second kappa shape index (κ2) is 22.6. The van der Waals surface area contributed by atoms with Crippen molar-refractivity contribution < 1.29 is 47.6 Å². The van der Waals surface area contributed by atoms with E-state index < -0.39 is 23.9 Å². The number of rotatable bonds is 22. The van der Waals surface area contributed by atoms with Gasteiger partial charge in [0.1, 0.15) is 22.8 Å². The molecule has 0 radical (unpaired) electrons. The molecule has 3 rings (SSSR count). The van der Waals surface area contributed by atoms with Gasteiger partial charge < -0.3 is 28.4 Å². The van der Waals surface area contributed by atoms with Gasteiger partial charge in [0.05, 0.1) is 39.2 Å². The molecule has 11 heteroatoms. The molecule has 0 N–H and O–H groups in total. The van der Waals surface area contributed by atoms with Crippen LogP contribution < -0.4 is 14.2 Å². The van der Waals surface area contributed by atoms with Crippen LogP contribution in [-0.2, 0) is 28.6 Å². The molecule has 0 fully saturated rings. The quantitative estimate of drug-likeness (QED) is 0.0261. The van der Waals surface area contributed by atoms with Crippen molar-refractivity contribution in [1.29, 1.82) is 0 Å². The van der Waals surface area contributed by atoms with Gasteiger partial charge in [-0.3, -0.25) is 4.99 Å². The Morgan fingerprint density at radius 2 is 1.18 bits per heavy atom. The van der Waals surface area contributed by atoms with E-state index in [-0.39, 0.29) is 11.3 Å². The Morgan fingerprint density at radius 3 is 1.71 bits per heavy atom. The van der Waals surface area contributed by atoms with Crippen molar-refractivity contribution in [2.75, 3.05) is 33.5 Å². The average molecular weight is 698 g/mol. The molecule has 0 spiro atoms. The molecule has 0 heterocycles. The maximum absolute atomic E-state index is 12.6. The number of unbranched alkanes of at least 4 members (excludes halogenated alkanes) is 4. The third kappa shape index (κ3) is 15.4. The summed E-state index contributed by atoms with van der Waals surface area (Å²) >= 11 is 0. The second-order valence-corrected chi connectivity index (χ2v) is 10.9. The first kappa shape index (κ1) is 39.5. The summed E-state index contributed by atoms with van der Waals surface area (Å²) in [6.45, 7) is 8.50. The molecule has 3 aromatic carbocycles. The van der Waals surface area contributed by atoms with Crippen molar-refractivity contribution in [3.8, 4) is 17.2 Å². The van der Waals surface area contributed by atoms with Crippen LogP contribution in [0, 0.1) is 0 Å². The first-order chi connectivity index (χ1) is 24.8. The number of hydrogen-bond acceptors (Lipinski definition) is 11. The Hall–Kier alpha value is -5.97. The Kier molecular flexibility index (Phi) is 17.5. The molecule has 0 atom stereocenters. The molecule has 0 amide bonds. The van der Waals surface area contributed by atoms with E-state index in [0.29, 0.717) is 37.9 Å². The zero-order chi connectivity index (χ0) is 36.7. The van der Waals surface area contributed by atoms with E-state index in [0.717, 1.165) is 67.6 Å². The number of esters is 4. The van der Waals surface area contributed by atoms with E-state index in [1.54, 1.807) is 42.6 Å². The predicted molar refractivity (Wildman–Crippen MR) is 194 cm³/mol. The van der Waals surface area contributed by atoms with Crippen molar-refractivity contribution in [3.63, 3.8) is 0 Å². The van der Waals surface area contributed by atoms with Crippen LogP contribution in [0.5, 0.6) is 17.2 Å². The van der Waals surface area contributed by atoms with Crippen LogP contribution in [0.1, 0.15) is 60.0 Å². The SMILES string of the molecule is C=CC(=O)OCCCCCOc1ccc(C=Nc2ccc(OC(=O)/C=C/c3ccc(OCCCCCOC(=O)C=C)cc3)c(C(=O)OC)c2)cc1. The van der Waals surface area contributed by atoms with Crippen molar-refractivity contribution in [2.45, 2.75) is 38.5 Å². The lowest BCUT2D eigenvalue weighted by Gasteiger charge is -2.08. The fraction of sp³-hybridized carbons (Fsp3) is 0.275. The molecular formula is C40H43NO10. The zero-order valence-electron chi connectivity index (χ0n) is 28.8. The van der Waals surface area contributed by atoms with Gasteiger partial charge >= 0.3 is 23.9 Å². The average Bonchev–Trinajstić information content (AvgIpc) is 3.16. The number of hydrogen-bond donors (Lipinski definition) is 0. The topological polar surface area (TPSA) is 136 Å². The Balaban J connectivity index is 1.46. The lowest BCUT2D eigenvalue weighted by atomic mass is 10.1. The standard InChI is InChI=1S/C40H43NO10/c1-4-37(42)49-26-10-6-8-24-47-33-18-12-30(13-19-33)16-23-39(44)51-36-22-17-32(28-35(36)40(45)46-3)41-29-31-14-20-34(21-15-31)48-25-9-7-11-27-50-38(43)5-2/h4-5,12-23,28-29H,1-2,6-11,24-27H2,3H3/b23-16+,41-29?. The first-order valence-corrected chi connectivity index (χ1v) is 16.5. The highest BCUT2D eigenvalue weighted by Gasteiger charge is 2.16. The van der Waals surface area contributed by atoms with Gasteiger partial charge in [-0.15, -0.1) is 0 Å². The van der Waals surface area contributed by atoms with Crippen LogP contribution >= 0.6 is 0 Å². The fourth-order valence-corrected chi connectivity index (χ4v) is 4.34. The third-order valence-electron chi connectivity index (χ3n) is 7.05. The van der Waals surface area contributed by atoms with Gasteiger partial charge in [0.25, 0.3) is 0 Å². The first-order valence-electron chi connectivity index (χ1n) is 16.5. The molecule has 0 aliphatic rings. The minimum absolute atomic E-state index is 0.0392. The highest BCUT2D eigenvalue weighted by atomic mass is 16.5. The van der Waals surface area contributed by atoms with E-state index in [9.17, 15) is 19.2 Å². The van der Waals surface area contributed by atoms with E-state index in [1.807, 2.05) is 24.3 Å². The third-order valence-corrected chi connectivity index (χ3v) is 7.05. The molecule has 0 unspecified atom stereocenters. The fourth-order valence-electron chi connectivity index (χ4n) is 4.34. The van der Waals surface area contributed by atoms with Gasteiger partial charge in [-0.2, -0.15) is 0 Å². The van der Waals surface area contributed by atoms with Gasteiger partial charge in [0.15, 0.2) is 0 Å². The molecule has 3 aromatic rings. The number of carbonyl (C=O) groups excluding carboxylic acids is 4. The number of aliphatic imine (C=N–C) groups is 1. The molecule has 0 saturated heterocycles. The minimum atomic E-state index is -0.676. The van der Waals surface area contributed by atoms with Gasteiger partial charge in [-0.25, -0.2) is 19.2 Å². The van der Waals surface area contributed by atoms with Gasteiger partial charge in [-0.1, -0.05) is 25.3 Å². The van der Waals surface area contributed by atoms with Gasteiger partial charge in [0.2, 0.25) is 0 Å². The molecule has 11 nitrogen and oxygen atoms in total. The number of methoxy groups -OCH3 is 1. The smallest absolute Gasteiger partial charge is 0.341 e. The largest absolute Gasteiger partial charge is 0.494 e. The maximum atomic E-state index is 12.6. The molecule has 0 saturated carbocycles. The van der Waals surface area contributed by atoms with Crippen LogP contribution in [0.4, 0.5) is 5.69 Å². The highest BCUT2D eigenvalue weighted by molar-refractivity contribution is 5.96. The predicted octanol–water partition coefficient (Wildman–Crippen LogP) is 7.40. The zero-order valence-corrected chi connectivity index (χ0v) is 28.8. The normalized spacial score (nSPS) is 10.8. The second-order valence-electron chi connectivity index (χ2n) is 10.9. The lowest BCUT2D eigenvalue weighted by molar-refractivity contribution is -0.138. The summed E-state index contributed by atoms with van der Waals surface area (Å²) in [7, 11) is 1.24. The Bertz CT molecular complexity index is 1660. The summed E-state index contributed by atoms with van der Waals surface area (Å²) in [6, 6.07) is 19.2. The summed E-state index contributed by atoms with van der Waals surface area (Å²) < 4.78 is 31.8. The summed E-state index contributed by atoms with van der Waals surface area (Å²) in [5.74, 6) is -0.743. The van der Waals surface area contributed by atoms with Crippen LogP contribution in [0.2, 0.25) is 0 Å². The number of ether oxygens (including phenoxy) is 6. The number of nitrogens with zero attached hydrogens (tertiary/aromatic N) is 1. The van der Waals surface area contributed by atoms with Crippen LogP contribution in [0.25, 0.3) is 6.08 Å². The Morgan fingerprint density at radius 1 is 0.647 bits per heavy atom. The maximum Gasteiger partial charge on any atom is 0.341 e. The van der Waals surface area contributed by atoms with E-state index in [2.05, 4.69) is 18.2 Å². The summed E-state index contributed by atoms with van der Waals surface area (Å²) in [4.78, 5) is 51.7. The van der Waals surface area contributed by atoms with Gasteiger partial charge in [0, 0.05) is 24.4 Å². The highest BCUT2D eigenvalue weighted by Crippen LogP contribution is 2.26. The van der Waals surface area contributed by atoms with E-state index in [4.69, 9.17) is 28.4 Å². The van der Waals surface area contributed by atoms with Crippen LogP contribution in [0.3, 0.4) is 0 Å². The molecule has 0 bridgehead atoms. The molecular weight excluding hydrogens is 654 g/mol. The van der Waals surface area contributed by atoms with Crippen molar-refractivity contribution >= 4 is 41.9 Å². The lowest BCUT2D eigenvalue weighted by Crippen LogP contribution is -2.09. The van der Waals surface area contributed by atoms with Crippen molar-refractivity contribution in [1.82, 2.24) is 0 Å². The van der Waals surface area contributed by atoms with Gasteiger partial charge in [-0.05, 0) is 110 Å². The van der Waals surface area contributed by atoms with Crippen molar-refractivity contribution in [2.24, 2.45) is 4.99 Å². The van der Waals surface area contributed by atoms with Crippen LogP contribution in [0.15, 0.2) is 103 Å². The van der Waals surface area contributed by atoms with Crippen LogP contribution in [-0.4, -0.2) is 63.6 Å². The number of benzene rings is 3. The van der Waals surface area contributed by atoms with E-state index >= 15 is 0 Å². The molecule has 51 heavy (non-hydrogen) atoms. The monoisotopic (exact) mass is 697 g/mol. The minimum Gasteiger partial charge on any atom is -0.494 e. The molecule has 268 valence electrons. The molecule has 0 aliphatic heterocycles. The van der Waals surface area contributed by atoms with E-state index in [1.165, 1.54) is 25.3 Å². The summed E-state index contributed by atoms with van der Waals surface area (Å²) in [5.41, 5.74) is 2.07. The molecule has 0 aromatic heterocycles.